The average molecular weight is 239 g/mol. The minimum absolute atomic E-state index is 0.0402. The Bertz CT molecular complexity index is 469. The number of ketones is 1. The summed E-state index contributed by atoms with van der Waals surface area (Å²) in [6.45, 7) is 0. The molecule has 3 nitrogen and oxygen atoms in total. The summed E-state index contributed by atoms with van der Waals surface area (Å²) in [5, 5.41) is 0. The van der Waals surface area contributed by atoms with E-state index in [9.17, 15) is 4.79 Å². The number of thiophene rings is 1. The summed E-state index contributed by atoms with van der Waals surface area (Å²) < 4.78 is 0.692. The van der Waals surface area contributed by atoms with Gasteiger partial charge in [0.15, 0.2) is 5.78 Å². The molecule has 0 unspecified atom stereocenters. The SMILES string of the molecule is O=C(Cc1ccc(Cl)s1)c1cnccn1. The summed E-state index contributed by atoms with van der Waals surface area (Å²) in [5.74, 6) is -0.0402. The fourth-order valence-electron chi connectivity index (χ4n) is 1.14. The number of nitrogens with zero attached hydrogens (tertiary/aromatic N) is 2. The lowest BCUT2D eigenvalue weighted by Crippen LogP contribution is -2.04. The fraction of sp³-hybridized carbons (Fsp3) is 0.100. The second-order valence-corrected chi connectivity index (χ2v) is 4.70. The quantitative estimate of drug-likeness (QED) is 0.772. The highest BCUT2D eigenvalue weighted by atomic mass is 35.5. The highest BCUT2D eigenvalue weighted by Gasteiger charge is 2.09. The van der Waals surface area contributed by atoms with E-state index in [2.05, 4.69) is 9.97 Å². The van der Waals surface area contributed by atoms with Gasteiger partial charge in [-0.25, -0.2) is 4.98 Å². The maximum Gasteiger partial charge on any atom is 0.187 e. The Morgan fingerprint density at radius 3 is 2.87 bits per heavy atom. The van der Waals surface area contributed by atoms with Crippen molar-refractivity contribution in [1.82, 2.24) is 9.97 Å². The largest absolute Gasteiger partial charge is 0.292 e. The molecule has 0 aromatic carbocycles. The first-order chi connectivity index (χ1) is 7.25. The molecule has 0 aliphatic rings. The molecule has 0 amide bonds. The zero-order valence-corrected chi connectivity index (χ0v) is 9.26. The van der Waals surface area contributed by atoms with Crippen LogP contribution >= 0.6 is 22.9 Å². The van der Waals surface area contributed by atoms with Crippen molar-refractivity contribution in [3.05, 3.63) is 45.6 Å². The first-order valence-electron chi connectivity index (χ1n) is 4.29. The second kappa shape index (κ2) is 4.51. The molecule has 0 aliphatic carbocycles. The van der Waals surface area contributed by atoms with Crippen molar-refractivity contribution in [2.75, 3.05) is 0 Å². The average Bonchev–Trinajstić information content (AvgIpc) is 2.65. The molecule has 0 spiro atoms. The van der Waals surface area contributed by atoms with Crippen LogP contribution in [0.5, 0.6) is 0 Å². The van der Waals surface area contributed by atoms with E-state index in [1.165, 1.54) is 23.7 Å². The van der Waals surface area contributed by atoms with Gasteiger partial charge in [0.1, 0.15) is 5.69 Å². The Labute approximate surface area is 95.8 Å². The normalized spacial score (nSPS) is 10.2. The summed E-state index contributed by atoms with van der Waals surface area (Å²) in [6, 6.07) is 3.63. The summed E-state index contributed by atoms with van der Waals surface area (Å²) in [6.07, 6.45) is 4.85. The zero-order chi connectivity index (χ0) is 10.7. The molecule has 0 saturated heterocycles. The molecule has 0 atom stereocenters. The van der Waals surface area contributed by atoms with Crippen LogP contribution in [0.1, 0.15) is 15.4 Å². The number of hydrogen-bond acceptors (Lipinski definition) is 4. The van der Waals surface area contributed by atoms with Gasteiger partial charge in [0.05, 0.1) is 10.5 Å². The second-order valence-electron chi connectivity index (χ2n) is 2.90. The molecule has 5 heteroatoms. The fourth-order valence-corrected chi connectivity index (χ4v) is 2.22. The van der Waals surface area contributed by atoms with E-state index in [-0.39, 0.29) is 5.78 Å². The van der Waals surface area contributed by atoms with Crippen molar-refractivity contribution < 1.29 is 4.79 Å². The van der Waals surface area contributed by atoms with Gasteiger partial charge in [-0.2, -0.15) is 0 Å². The smallest absolute Gasteiger partial charge is 0.187 e. The van der Waals surface area contributed by atoms with Gasteiger partial charge in [-0.05, 0) is 12.1 Å². The maximum absolute atomic E-state index is 11.7. The summed E-state index contributed by atoms with van der Waals surface area (Å²) >= 11 is 7.18. The molecule has 0 radical (unpaired) electrons. The Morgan fingerprint density at radius 1 is 1.40 bits per heavy atom. The van der Waals surface area contributed by atoms with Crippen molar-refractivity contribution in [3.8, 4) is 0 Å². The molecule has 2 heterocycles. The molecule has 0 fully saturated rings. The van der Waals surface area contributed by atoms with Gasteiger partial charge in [0, 0.05) is 23.7 Å². The number of hydrogen-bond donors (Lipinski definition) is 0. The summed E-state index contributed by atoms with van der Waals surface area (Å²) in [7, 11) is 0. The van der Waals surface area contributed by atoms with Gasteiger partial charge in [0.25, 0.3) is 0 Å². The highest BCUT2D eigenvalue weighted by molar-refractivity contribution is 7.16. The van der Waals surface area contributed by atoms with E-state index < -0.39 is 0 Å². The van der Waals surface area contributed by atoms with Crippen LogP contribution in [0.15, 0.2) is 30.7 Å². The van der Waals surface area contributed by atoms with Gasteiger partial charge >= 0.3 is 0 Å². The van der Waals surface area contributed by atoms with Gasteiger partial charge in [-0.15, -0.1) is 11.3 Å². The number of carbonyl (C=O) groups excluding carboxylic acids is 1. The molecule has 0 bridgehead atoms. The van der Waals surface area contributed by atoms with E-state index >= 15 is 0 Å². The minimum atomic E-state index is -0.0402. The van der Waals surface area contributed by atoms with E-state index in [4.69, 9.17) is 11.6 Å². The number of aromatic nitrogens is 2. The first kappa shape index (κ1) is 10.3. The summed E-state index contributed by atoms with van der Waals surface area (Å²) in [5.41, 5.74) is 0.391. The lowest BCUT2D eigenvalue weighted by Gasteiger charge is -1.96. The van der Waals surface area contributed by atoms with Crippen molar-refractivity contribution in [2.45, 2.75) is 6.42 Å². The predicted molar refractivity (Wildman–Crippen MR) is 59.4 cm³/mol. The molecule has 2 aromatic rings. The number of halogens is 1. The molecule has 76 valence electrons. The Kier molecular flexibility index (Phi) is 3.08. The highest BCUT2D eigenvalue weighted by Crippen LogP contribution is 2.22. The Morgan fingerprint density at radius 2 is 2.27 bits per heavy atom. The first-order valence-corrected chi connectivity index (χ1v) is 5.48. The van der Waals surface area contributed by atoms with Crippen molar-refractivity contribution in [1.29, 1.82) is 0 Å². The minimum Gasteiger partial charge on any atom is -0.292 e. The predicted octanol–water partition coefficient (Wildman–Crippen LogP) is 2.62. The molecule has 0 N–H and O–H groups in total. The molecule has 2 rings (SSSR count). The third-order valence-electron chi connectivity index (χ3n) is 1.81. The maximum atomic E-state index is 11.7. The van der Waals surface area contributed by atoms with Crippen LogP contribution in [0.25, 0.3) is 0 Å². The lowest BCUT2D eigenvalue weighted by molar-refractivity contribution is 0.0988. The number of rotatable bonds is 3. The van der Waals surface area contributed by atoms with Crippen LogP contribution in [0.4, 0.5) is 0 Å². The van der Waals surface area contributed by atoms with Gasteiger partial charge in [-0.3, -0.25) is 9.78 Å². The van der Waals surface area contributed by atoms with Gasteiger partial charge in [0.2, 0.25) is 0 Å². The van der Waals surface area contributed by atoms with Crippen LogP contribution in [0, 0.1) is 0 Å². The third kappa shape index (κ3) is 2.61. The molecular weight excluding hydrogens is 232 g/mol. The molecule has 2 aromatic heterocycles. The monoisotopic (exact) mass is 238 g/mol. The van der Waals surface area contributed by atoms with Crippen LogP contribution in [0.2, 0.25) is 4.34 Å². The van der Waals surface area contributed by atoms with Crippen molar-refractivity contribution in [2.24, 2.45) is 0 Å². The molecule has 0 saturated carbocycles. The Hall–Kier alpha value is -1.26. The Balaban J connectivity index is 2.11. The molecular formula is C10H7ClN2OS. The van der Waals surface area contributed by atoms with E-state index in [1.807, 2.05) is 6.07 Å². The molecule has 0 aliphatic heterocycles. The third-order valence-corrected chi connectivity index (χ3v) is 3.04. The van der Waals surface area contributed by atoms with Crippen molar-refractivity contribution in [3.63, 3.8) is 0 Å². The zero-order valence-electron chi connectivity index (χ0n) is 7.68. The topological polar surface area (TPSA) is 42.9 Å². The van der Waals surface area contributed by atoms with Crippen molar-refractivity contribution >= 4 is 28.7 Å². The van der Waals surface area contributed by atoms with Crippen LogP contribution in [0.3, 0.4) is 0 Å². The van der Waals surface area contributed by atoms with E-state index in [0.29, 0.717) is 16.5 Å². The lowest BCUT2D eigenvalue weighted by atomic mass is 10.2. The van der Waals surface area contributed by atoms with E-state index in [1.54, 1.807) is 12.3 Å². The van der Waals surface area contributed by atoms with Crippen LogP contribution < -0.4 is 0 Å². The van der Waals surface area contributed by atoms with Crippen LogP contribution in [-0.4, -0.2) is 15.8 Å². The number of Topliss-reactive ketones (excluding diaryl/α,β-unsaturated/α-hetero) is 1. The standard InChI is InChI=1S/C10H7ClN2OS/c11-10-2-1-7(15-10)5-9(14)8-6-12-3-4-13-8/h1-4,6H,5H2. The number of carbonyl (C=O) groups is 1. The summed E-state index contributed by atoms with van der Waals surface area (Å²) in [4.78, 5) is 20.4. The van der Waals surface area contributed by atoms with Gasteiger partial charge in [-0.1, -0.05) is 11.6 Å². The van der Waals surface area contributed by atoms with Crippen LogP contribution in [-0.2, 0) is 6.42 Å². The van der Waals surface area contributed by atoms with Gasteiger partial charge < -0.3 is 0 Å². The molecule has 15 heavy (non-hydrogen) atoms. The van der Waals surface area contributed by atoms with E-state index in [0.717, 1.165) is 4.88 Å².